The molecular formula is C17H18N2O3S. The molecule has 1 heterocycles. The highest BCUT2D eigenvalue weighted by molar-refractivity contribution is 8.00. The molecule has 0 radical (unpaired) electrons. The van der Waals surface area contributed by atoms with Crippen molar-refractivity contribution in [2.45, 2.75) is 23.7 Å². The second kappa shape index (κ2) is 8.33. The molecule has 1 unspecified atom stereocenters. The number of ether oxygens (including phenoxy) is 1. The Kier molecular flexibility index (Phi) is 6.17. The van der Waals surface area contributed by atoms with E-state index in [0.29, 0.717) is 12.1 Å². The predicted molar refractivity (Wildman–Crippen MR) is 89.2 cm³/mol. The van der Waals surface area contributed by atoms with Gasteiger partial charge >= 0.3 is 5.97 Å². The third-order valence-electron chi connectivity index (χ3n) is 3.15. The molecule has 1 N–H and O–H groups in total. The summed E-state index contributed by atoms with van der Waals surface area (Å²) in [6, 6.07) is 12.6. The molecule has 23 heavy (non-hydrogen) atoms. The number of pyridine rings is 1. The molecule has 0 spiro atoms. The predicted octanol–water partition coefficient (Wildman–Crippen LogP) is 2.67. The maximum Gasteiger partial charge on any atom is 0.337 e. The second-order valence-electron chi connectivity index (χ2n) is 4.83. The van der Waals surface area contributed by atoms with Gasteiger partial charge in [0.25, 0.3) is 0 Å². The van der Waals surface area contributed by atoms with Crippen LogP contribution in [0.1, 0.15) is 22.8 Å². The van der Waals surface area contributed by atoms with E-state index in [1.165, 1.54) is 18.9 Å². The van der Waals surface area contributed by atoms with Gasteiger partial charge in [-0.05, 0) is 36.8 Å². The quantitative estimate of drug-likeness (QED) is 0.651. The molecule has 5 nitrogen and oxygen atoms in total. The van der Waals surface area contributed by atoms with Gasteiger partial charge in [0, 0.05) is 12.7 Å². The molecule has 0 bridgehead atoms. The number of nitrogens with zero attached hydrogens (tertiary/aromatic N) is 1. The Morgan fingerprint density at radius 1 is 1.22 bits per heavy atom. The standard InChI is InChI=1S/C17H18N2O3S/c1-12(23-15-5-3-4-10-18-15)16(20)19-11-13-6-8-14(9-7-13)17(21)22-2/h3-10,12H,11H2,1-2H3,(H,19,20). The highest BCUT2D eigenvalue weighted by atomic mass is 32.2. The van der Waals surface area contributed by atoms with Crippen LogP contribution in [0.2, 0.25) is 0 Å². The Hall–Kier alpha value is -2.34. The number of hydrogen-bond acceptors (Lipinski definition) is 5. The minimum absolute atomic E-state index is 0.0577. The van der Waals surface area contributed by atoms with Gasteiger partial charge in [0.15, 0.2) is 0 Å². The molecule has 2 rings (SSSR count). The van der Waals surface area contributed by atoms with E-state index in [1.807, 2.05) is 25.1 Å². The number of esters is 1. The lowest BCUT2D eigenvalue weighted by Crippen LogP contribution is -2.30. The average Bonchev–Trinajstić information content (AvgIpc) is 2.60. The van der Waals surface area contributed by atoms with Crippen molar-refractivity contribution < 1.29 is 14.3 Å². The molecular weight excluding hydrogens is 312 g/mol. The largest absolute Gasteiger partial charge is 0.465 e. The van der Waals surface area contributed by atoms with E-state index in [0.717, 1.165) is 10.6 Å². The van der Waals surface area contributed by atoms with Crippen LogP contribution in [0.25, 0.3) is 0 Å². The summed E-state index contributed by atoms with van der Waals surface area (Å²) in [5, 5.41) is 3.46. The summed E-state index contributed by atoms with van der Waals surface area (Å²) < 4.78 is 4.65. The minimum atomic E-state index is -0.374. The fourth-order valence-electron chi connectivity index (χ4n) is 1.86. The molecule has 1 amide bonds. The van der Waals surface area contributed by atoms with Gasteiger partial charge in [-0.25, -0.2) is 9.78 Å². The van der Waals surface area contributed by atoms with Crippen molar-refractivity contribution in [1.82, 2.24) is 10.3 Å². The molecule has 0 fully saturated rings. The summed E-state index contributed by atoms with van der Waals surface area (Å²) in [6.45, 7) is 2.25. The van der Waals surface area contributed by atoms with Crippen molar-refractivity contribution >= 4 is 23.6 Å². The molecule has 0 aliphatic heterocycles. The van der Waals surface area contributed by atoms with Crippen molar-refractivity contribution in [2.24, 2.45) is 0 Å². The first-order chi connectivity index (χ1) is 11.1. The first-order valence-electron chi connectivity index (χ1n) is 7.13. The zero-order chi connectivity index (χ0) is 16.7. The van der Waals surface area contributed by atoms with Crippen LogP contribution >= 0.6 is 11.8 Å². The fraction of sp³-hybridized carbons (Fsp3) is 0.235. The fourth-order valence-corrected chi connectivity index (χ4v) is 2.69. The van der Waals surface area contributed by atoms with E-state index in [2.05, 4.69) is 15.0 Å². The summed E-state index contributed by atoms with van der Waals surface area (Å²) in [7, 11) is 1.34. The Morgan fingerprint density at radius 3 is 2.57 bits per heavy atom. The van der Waals surface area contributed by atoms with E-state index in [9.17, 15) is 9.59 Å². The molecule has 0 aliphatic rings. The maximum absolute atomic E-state index is 12.1. The number of thioether (sulfide) groups is 1. The van der Waals surface area contributed by atoms with Crippen LogP contribution in [-0.2, 0) is 16.1 Å². The number of aromatic nitrogens is 1. The highest BCUT2D eigenvalue weighted by Crippen LogP contribution is 2.20. The normalized spacial score (nSPS) is 11.6. The molecule has 0 saturated heterocycles. The minimum Gasteiger partial charge on any atom is -0.465 e. The number of methoxy groups -OCH3 is 1. The van der Waals surface area contributed by atoms with Crippen LogP contribution in [0.3, 0.4) is 0 Å². The lowest BCUT2D eigenvalue weighted by molar-refractivity contribution is -0.120. The van der Waals surface area contributed by atoms with E-state index in [-0.39, 0.29) is 17.1 Å². The molecule has 1 aromatic carbocycles. The molecule has 1 aromatic heterocycles. The summed E-state index contributed by atoms with van der Waals surface area (Å²) in [4.78, 5) is 27.7. The van der Waals surface area contributed by atoms with Gasteiger partial charge in [0.2, 0.25) is 5.91 Å². The van der Waals surface area contributed by atoms with Gasteiger partial charge in [0.05, 0.1) is 22.9 Å². The summed E-state index contributed by atoms with van der Waals surface area (Å²) in [6.07, 6.45) is 1.70. The lowest BCUT2D eigenvalue weighted by atomic mass is 10.1. The monoisotopic (exact) mass is 330 g/mol. The van der Waals surface area contributed by atoms with Gasteiger partial charge in [-0.1, -0.05) is 30.0 Å². The number of nitrogens with one attached hydrogen (secondary N) is 1. The van der Waals surface area contributed by atoms with Gasteiger partial charge in [-0.3, -0.25) is 4.79 Å². The molecule has 0 aliphatic carbocycles. The summed E-state index contributed by atoms with van der Waals surface area (Å²) in [5.41, 5.74) is 1.41. The van der Waals surface area contributed by atoms with Gasteiger partial charge in [-0.15, -0.1) is 0 Å². The number of amides is 1. The van der Waals surface area contributed by atoms with Crippen LogP contribution in [0.4, 0.5) is 0 Å². The molecule has 0 saturated carbocycles. The number of carbonyl (C=O) groups excluding carboxylic acids is 2. The van der Waals surface area contributed by atoms with Crippen LogP contribution < -0.4 is 5.32 Å². The highest BCUT2D eigenvalue weighted by Gasteiger charge is 2.14. The number of carbonyl (C=O) groups is 2. The topological polar surface area (TPSA) is 68.3 Å². The molecule has 2 aromatic rings. The smallest absolute Gasteiger partial charge is 0.337 e. The molecule has 1 atom stereocenters. The maximum atomic E-state index is 12.1. The summed E-state index contributed by atoms with van der Waals surface area (Å²) in [5.74, 6) is -0.432. The third-order valence-corrected chi connectivity index (χ3v) is 4.20. The van der Waals surface area contributed by atoms with Crippen LogP contribution in [0.15, 0.2) is 53.7 Å². The second-order valence-corrected chi connectivity index (χ2v) is 6.20. The zero-order valence-corrected chi connectivity index (χ0v) is 13.8. The third kappa shape index (κ3) is 5.10. The van der Waals surface area contributed by atoms with Crippen LogP contribution in [0.5, 0.6) is 0 Å². The van der Waals surface area contributed by atoms with Crippen LogP contribution in [-0.4, -0.2) is 29.2 Å². The number of rotatable bonds is 6. The first kappa shape index (κ1) is 17.0. The SMILES string of the molecule is COC(=O)c1ccc(CNC(=O)C(C)Sc2ccccn2)cc1. The van der Waals surface area contributed by atoms with Gasteiger partial charge in [0.1, 0.15) is 0 Å². The number of hydrogen-bond donors (Lipinski definition) is 1. The van der Waals surface area contributed by atoms with E-state index >= 15 is 0 Å². The van der Waals surface area contributed by atoms with E-state index in [1.54, 1.807) is 30.5 Å². The molecule has 6 heteroatoms. The lowest BCUT2D eigenvalue weighted by Gasteiger charge is -2.11. The Bertz CT molecular complexity index is 659. The van der Waals surface area contributed by atoms with Crippen molar-refractivity contribution in [3.05, 3.63) is 59.8 Å². The first-order valence-corrected chi connectivity index (χ1v) is 8.01. The van der Waals surface area contributed by atoms with Gasteiger partial charge < -0.3 is 10.1 Å². The Morgan fingerprint density at radius 2 is 1.96 bits per heavy atom. The van der Waals surface area contributed by atoms with E-state index in [4.69, 9.17) is 0 Å². The van der Waals surface area contributed by atoms with Crippen molar-refractivity contribution in [3.8, 4) is 0 Å². The van der Waals surface area contributed by atoms with Crippen molar-refractivity contribution in [1.29, 1.82) is 0 Å². The zero-order valence-electron chi connectivity index (χ0n) is 13.0. The average molecular weight is 330 g/mol. The van der Waals surface area contributed by atoms with E-state index < -0.39 is 0 Å². The van der Waals surface area contributed by atoms with Gasteiger partial charge in [-0.2, -0.15) is 0 Å². The van der Waals surface area contributed by atoms with Crippen molar-refractivity contribution in [3.63, 3.8) is 0 Å². The van der Waals surface area contributed by atoms with Crippen molar-refractivity contribution in [2.75, 3.05) is 7.11 Å². The summed E-state index contributed by atoms with van der Waals surface area (Å²) >= 11 is 1.41. The Labute approximate surface area is 139 Å². The number of benzene rings is 1. The molecule has 120 valence electrons. The Balaban J connectivity index is 1.85. The van der Waals surface area contributed by atoms with Crippen LogP contribution in [0, 0.1) is 0 Å².